The molecule has 4 aromatic heterocycles. The zero-order chi connectivity index (χ0) is 49.7. The maximum absolute atomic E-state index is 12.7. The van der Waals surface area contributed by atoms with E-state index in [-0.39, 0.29) is 65.8 Å². The molecule has 3 saturated heterocycles. The Morgan fingerprint density at radius 3 is 1.79 bits per heavy atom. The number of carboxylic acid groups (broad SMARTS) is 2. The zero-order valence-corrected chi connectivity index (χ0v) is 39.6. The molecule has 11 rings (SSSR count). The third-order valence-electron chi connectivity index (χ3n) is 13.0. The van der Waals surface area contributed by atoms with Gasteiger partial charge in [-0.25, -0.2) is 47.9 Å². The third-order valence-corrected chi connectivity index (χ3v) is 14.3. The summed E-state index contributed by atoms with van der Waals surface area (Å²) in [4.78, 5) is 60.4. The van der Waals surface area contributed by atoms with Crippen LogP contribution >= 0.6 is 0 Å². The first-order valence-corrected chi connectivity index (χ1v) is 25.1. The molecule has 20 nitrogen and oxygen atoms in total. The maximum atomic E-state index is 12.7. The van der Waals surface area contributed by atoms with Crippen molar-refractivity contribution < 1.29 is 47.5 Å². The van der Waals surface area contributed by atoms with E-state index in [1.54, 1.807) is 36.4 Å². The fraction of sp³-hybridized carbons (Fsp3) is 0.255. The lowest BCUT2D eigenvalue weighted by Crippen LogP contribution is -2.48. The molecular formula is C51H46N10O10S. The molecule has 0 saturated carbocycles. The standard InChI is InChI=1S/C51H46N10O10S/c1-72(67,68)61-16-14-58(15-17-61)39-29-38(49(65)66)53-47-43(55-51(57-45(39)47)60-20-24-70-25-21-60)32-12-13-41(40(62)27-32)71-33-9-4-8-31(26-33)42-46-44(56-50(54-42)59-18-22-69-23-19-59)36(28-37(52-46)48(63)64)35-11-5-7-30-6-2-3-10-34(30)35/h2-13,26-29,62H,14-25H2,1H3,(H,63,64)(H,65,66). The van der Waals surface area contributed by atoms with Crippen molar-refractivity contribution in [2.24, 2.45) is 0 Å². The highest BCUT2D eigenvalue weighted by atomic mass is 32.2. The molecule has 7 heterocycles. The first-order chi connectivity index (χ1) is 34.9. The molecule has 3 aliphatic rings. The predicted octanol–water partition coefficient (Wildman–Crippen LogP) is 6.17. The van der Waals surface area contributed by atoms with E-state index in [1.807, 2.05) is 63.2 Å². The van der Waals surface area contributed by atoms with Crippen LogP contribution in [0.15, 0.2) is 97.1 Å². The van der Waals surface area contributed by atoms with Crippen LogP contribution in [0, 0.1) is 0 Å². The molecule has 0 unspecified atom stereocenters. The number of phenols is 1. The Hall–Kier alpha value is -8.11. The minimum absolute atomic E-state index is 0.0809. The van der Waals surface area contributed by atoms with Gasteiger partial charge >= 0.3 is 11.9 Å². The summed E-state index contributed by atoms with van der Waals surface area (Å²) in [7, 11) is -3.44. The SMILES string of the molecule is CS(=O)(=O)N1CCN(c2cc(C(=O)O)nc3c(-c4ccc(Oc5cccc(-c6nc(N7CCOCC7)nc7c(-c8cccc9ccccc89)cc(C(=O)O)nc67)c5)c(O)c4)nc(N4CCOCC4)nc23)CC1. The van der Waals surface area contributed by atoms with Gasteiger partial charge in [-0.15, -0.1) is 0 Å². The number of hydrogen-bond donors (Lipinski definition) is 3. The van der Waals surface area contributed by atoms with Crippen LogP contribution in [0.1, 0.15) is 21.0 Å². The van der Waals surface area contributed by atoms with Gasteiger partial charge in [0.25, 0.3) is 0 Å². The molecule has 0 radical (unpaired) electrons. The Balaban J connectivity index is 0.994. The topological polar surface area (TPSA) is 247 Å². The molecule has 0 amide bonds. The second-order valence-electron chi connectivity index (χ2n) is 17.5. The number of pyridine rings is 2. The van der Waals surface area contributed by atoms with Crippen LogP contribution in [0.4, 0.5) is 17.6 Å². The fourth-order valence-corrected chi connectivity index (χ4v) is 10.2. The van der Waals surface area contributed by atoms with Gasteiger partial charge in [0.15, 0.2) is 17.2 Å². The lowest BCUT2D eigenvalue weighted by atomic mass is 9.96. The lowest BCUT2D eigenvalue weighted by Gasteiger charge is -2.35. The molecule has 3 fully saturated rings. The van der Waals surface area contributed by atoms with Crippen LogP contribution in [0.25, 0.3) is 66.5 Å². The van der Waals surface area contributed by atoms with E-state index in [4.69, 9.17) is 34.1 Å². The number of benzene rings is 4. The monoisotopic (exact) mass is 990 g/mol. The molecule has 366 valence electrons. The number of sulfonamides is 1. The highest BCUT2D eigenvalue weighted by Gasteiger charge is 2.29. The molecule has 72 heavy (non-hydrogen) atoms. The van der Waals surface area contributed by atoms with Gasteiger partial charge in [-0.2, -0.15) is 4.31 Å². The maximum Gasteiger partial charge on any atom is 0.354 e. The molecular weight excluding hydrogens is 945 g/mol. The van der Waals surface area contributed by atoms with E-state index in [0.717, 1.165) is 22.6 Å². The summed E-state index contributed by atoms with van der Waals surface area (Å²) in [6.07, 6.45) is 1.16. The summed E-state index contributed by atoms with van der Waals surface area (Å²) in [5, 5.41) is 34.3. The summed E-state index contributed by atoms with van der Waals surface area (Å²) in [6.45, 7) is 4.83. The number of nitrogens with zero attached hydrogens (tertiary/aromatic N) is 10. The summed E-state index contributed by atoms with van der Waals surface area (Å²) in [5.74, 6) is -1.59. The number of ether oxygens (including phenoxy) is 3. The van der Waals surface area contributed by atoms with Crippen molar-refractivity contribution in [3.8, 4) is 50.9 Å². The molecule has 0 spiro atoms. The number of fused-ring (bicyclic) bond motifs is 3. The summed E-state index contributed by atoms with van der Waals surface area (Å²) in [6, 6.07) is 28.5. The van der Waals surface area contributed by atoms with Crippen LogP contribution in [-0.4, -0.2) is 155 Å². The molecule has 3 aliphatic heterocycles. The number of aromatic nitrogens is 6. The van der Waals surface area contributed by atoms with E-state index in [9.17, 15) is 33.3 Å². The molecule has 21 heteroatoms. The van der Waals surface area contributed by atoms with E-state index in [1.165, 1.54) is 16.4 Å². The van der Waals surface area contributed by atoms with Crippen molar-refractivity contribution in [2.45, 2.75) is 0 Å². The number of aromatic carboxylic acids is 2. The van der Waals surface area contributed by atoms with Crippen molar-refractivity contribution in [2.75, 3.05) is 99.7 Å². The van der Waals surface area contributed by atoms with Gasteiger partial charge in [-0.3, -0.25) is 0 Å². The average Bonchev–Trinajstić information content (AvgIpc) is 3.40. The van der Waals surface area contributed by atoms with E-state index in [0.29, 0.717) is 109 Å². The normalized spacial score (nSPS) is 15.9. The Morgan fingerprint density at radius 2 is 1.15 bits per heavy atom. The van der Waals surface area contributed by atoms with E-state index in [2.05, 4.69) is 9.97 Å². The largest absolute Gasteiger partial charge is 0.504 e. The van der Waals surface area contributed by atoms with Crippen LogP contribution in [0.2, 0.25) is 0 Å². The van der Waals surface area contributed by atoms with Crippen molar-refractivity contribution >= 4 is 72.4 Å². The molecule has 0 aliphatic carbocycles. The zero-order valence-electron chi connectivity index (χ0n) is 38.8. The van der Waals surface area contributed by atoms with Gasteiger partial charge < -0.3 is 44.2 Å². The number of morpholine rings is 2. The number of anilines is 3. The summed E-state index contributed by atoms with van der Waals surface area (Å²) in [5.41, 5.74) is 4.20. The number of rotatable bonds is 11. The van der Waals surface area contributed by atoms with Gasteiger partial charge in [-0.1, -0.05) is 54.6 Å². The molecule has 3 N–H and O–H groups in total. The van der Waals surface area contributed by atoms with Gasteiger partial charge in [0, 0.05) is 69.0 Å². The highest BCUT2D eigenvalue weighted by Crippen LogP contribution is 2.41. The molecule has 8 aromatic rings. The average molecular weight is 991 g/mol. The number of carbonyl (C=O) groups is 2. The lowest BCUT2D eigenvalue weighted by molar-refractivity contribution is 0.0680. The van der Waals surface area contributed by atoms with Crippen molar-refractivity contribution in [1.82, 2.24) is 34.2 Å². The van der Waals surface area contributed by atoms with Crippen LogP contribution in [-0.2, 0) is 19.5 Å². The van der Waals surface area contributed by atoms with Gasteiger partial charge in [0.2, 0.25) is 21.9 Å². The Kier molecular flexibility index (Phi) is 12.2. The van der Waals surface area contributed by atoms with Crippen molar-refractivity contribution in [3.63, 3.8) is 0 Å². The first-order valence-electron chi connectivity index (χ1n) is 23.2. The molecule has 4 aromatic carbocycles. The van der Waals surface area contributed by atoms with Crippen LogP contribution < -0.4 is 19.4 Å². The first kappa shape index (κ1) is 46.3. The molecule has 0 atom stereocenters. The highest BCUT2D eigenvalue weighted by molar-refractivity contribution is 7.88. The predicted molar refractivity (Wildman–Crippen MR) is 269 cm³/mol. The van der Waals surface area contributed by atoms with Crippen LogP contribution in [0.5, 0.6) is 17.2 Å². The number of piperazine rings is 1. The number of carboxylic acids is 2. The smallest absolute Gasteiger partial charge is 0.354 e. The van der Waals surface area contributed by atoms with E-state index >= 15 is 0 Å². The van der Waals surface area contributed by atoms with Gasteiger partial charge in [0.1, 0.15) is 44.9 Å². The van der Waals surface area contributed by atoms with Crippen molar-refractivity contribution in [1.29, 1.82) is 0 Å². The number of aromatic hydroxyl groups is 1. The second kappa shape index (κ2) is 18.9. The van der Waals surface area contributed by atoms with Crippen molar-refractivity contribution in [3.05, 3.63) is 108 Å². The third kappa shape index (κ3) is 8.98. The van der Waals surface area contributed by atoms with Gasteiger partial charge in [0.05, 0.1) is 38.4 Å². The fourth-order valence-electron chi connectivity index (χ4n) is 9.36. The Labute approximate surface area is 411 Å². The number of phenolic OH excluding ortho intramolecular Hbond substituents is 1. The quantitative estimate of drug-likeness (QED) is 0.131. The van der Waals surface area contributed by atoms with Crippen LogP contribution in [0.3, 0.4) is 0 Å². The molecule has 0 bridgehead atoms. The second-order valence-corrected chi connectivity index (χ2v) is 19.5. The Bertz CT molecular complexity index is 3580. The number of hydrogen-bond acceptors (Lipinski definition) is 17. The Morgan fingerprint density at radius 1 is 0.569 bits per heavy atom. The van der Waals surface area contributed by atoms with Gasteiger partial charge in [-0.05, 0) is 58.8 Å². The summed E-state index contributed by atoms with van der Waals surface area (Å²) >= 11 is 0. The minimum atomic E-state index is -3.44. The minimum Gasteiger partial charge on any atom is -0.504 e. The summed E-state index contributed by atoms with van der Waals surface area (Å²) < 4.78 is 43.8. The van der Waals surface area contributed by atoms with E-state index < -0.39 is 22.0 Å².